The van der Waals surface area contributed by atoms with Crippen LogP contribution in [0, 0.1) is 6.92 Å². The van der Waals surface area contributed by atoms with Crippen molar-refractivity contribution in [3.8, 4) is 11.1 Å². The van der Waals surface area contributed by atoms with E-state index in [2.05, 4.69) is 16.0 Å². The van der Waals surface area contributed by atoms with Crippen LogP contribution in [0.2, 0.25) is 0 Å². The minimum Gasteiger partial charge on any atom is -0.462 e. The van der Waals surface area contributed by atoms with Crippen LogP contribution in [0.15, 0.2) is 54.6 Å². The molecule has 1 amide bonds. The van der Waals surface area contributed by atoms with E-state index in [0.29, 0.717) is 21.4 Å². The maximum absolute atomic E-state index is 12.8. The van der Waals surface area contributed by atoms with Crippen LogP contribution >= 0.6 is 23.6 Å². The highest BCUT2D eigenvalue weighted by atomic mass is 32.1. The van der Waals surface area contributed by atoms with Gasteiger partial charge in [-0.15, -0.1) is 11.3 Å². The van der Waals surface area contributed by atoms with Gasteiger partial charge in [0.15, 0.2) is 5.11 Å². The number of hydrogen-bond acceptors (Lipinski definition) is 5. The Hall–Kier alpha value is -3.23. The van der Waals surface area contributed by atoms with Crippen LogP contribution in [0.4, 0.5) is 16.4 Å². The highest BCUT2D eigenvalue weighted by molar-refractivity contribution is 7.80. The molecule has 0 atom stereocenters. The van der Waals surface area contributed by atoms with E-state index in [9.17, 15) is 9.59 Å². The number of rotatable bonds is 6. The Morgan fingerprint density at radius 3 is 2.16 bits per heavy atom. The summed E-state index contributed by atoms with van der Waals surface area (Å²) in [6.45, 7) is 5.49. The highest BCUT2D eigenvalue weighted by Crippen LogP contribution is 2.40. The van der Waals surface area contributed by atoms with Crippen molar-refractivity contribution in [3.63, 3.8) is 0 Å². The molecule has 0 aliphatic heterocycles. The van der Waals surface area contributed by atoms with Crippen LogP contribution in [-0.2, 0) is 9.53 Å². The molecule has 1 heterocycles. The molecule has 6 nitrogen and oxygen atoms in total. The molecule has 0 spiro atoms. The van der Waals surface area contributed by atoms with Crippen LogP contribution in [0.5, 0.6) is 0 Å². The van der Waals surface area contributed by atoms with Crippen molar-refractivity contribution in [2.24, 2.45) is 0 Å². The summed E-state index contributed by atoms with van der Waals surface area (Å²) >= 11 is 6.91. The molecule has 3 aromatic rings. The first kappa shape index (κ1) is 22.5. The van der Waals surface area contributed by atoms with Gasteiger partial charge in [-0.2, -0.15) is 0 Å². The Bertz CT molecular complexity index is 1090. The Balaban J connectivity index is 1.84. The molecule has 8 heteroatoms. The summed E-state index contributed by atoms with van der Waals surface area (Å²) in [6, 6.07) is 16.9. The van der Waals surface area contributed by atoms with E-state index in [1.165, 1.54) is 18.3 Å². The number of benzene rings is 2. The topological polar surface area (TPSA) is 79.5 Å². The van der Waals surface area contributed by atoms with E-state index < -0.39 is 5.97 Å². The summed E-state index contributed by atoms with van der Waals surface area (Å²) in [5.74, 6) is -0.526. The number of aryl methyl sites for hydroxylation is 1. The summed E-state index contributed by atoms with van der Waals surface area (Å²) in [5, 5.41) is 9.93. The lowest BCUT2D eigenvalue weighted by Gasteiger charge is -2.12. The number of hydrogen-bond donors (Lipinski definition) is 3. The largest absolute Gasteiger partial charge is 0.462 e. The van der Waals surface area contributed by atoms with Gasteiger partial charge in [0.1, 0.15) is 10.6 Å². The number of thiocarbonyl (C=S) groups is 1. The van der Waals surface area contributed by atoms with Gasteiger partial charge in [-0.1, -0.05) is 30.3 Å². The Morgan fingerprint density at radius 2 is 1.58 bits per heavy atom. The van der Waals surface area contributed by atoms with Gasteiger partial charge in [-0.05, 0) is 55.9 Å². The first-order valence-corrected chi connectivity index (χ1v) is 10.9. The minimum atomic E-state index is -0.393. The lowest BCUT2D eigenvalue weighted by atomic mass is 10.0. The Kier molecular flexibility index (Phi) is 7.38. The molecule has 0 bridgehead atoms. The Labute approximate surface area is 190 Å². The average Bonchev–Trinajstić information content (AvgIpc) is 3.05. The van der Waals surface area contributed by atoms with Crippen LogP contribution in [0.1, 0.15) is 29.1 Å². The van der Waals surface area contributed by atoms with E-state index >= 15 is 0 Å². The lowest BCUT2D eigenvalue weighted by molar-refractivity contribution is -0.114. The smallest absolute Gasteiger partial charge is 0.341 e. The zero-order valence-corrected chi connectivity index (χ0v) is 19.1. The van der Waals surface area contributed by atoms with E-state index in [-0.39, 0.29) is 12.5 Å². The monoisotopic (exact) mass is 453 g/mol. The molecule has 0 fully saturated rings. The fourth-order valence-corrected chi connectivity index (χ4v) is 4.44. The van der Waals surface area contributed by atoms with Gasteiger partial charge in [0.2, 0.25) is 5.91 Å². The summed E-state index contributed by atoms with van der Waals surface area (Å²) in [5.41, 5.74) is 3.71. The van der Waals surface area contributed by atoms with Crippen LogP contribution in [0.3, 0.4) is 0 Å². The first-order chi connectivity index (χ1) is 14.9. The number of carbonyl (C=O) groups is 2. The van der Waals surface area contributed by atoms with Crippen molar-refractivity contribution in [1.29, 1.82) is 0 Å². The van der Waals surface area contributed by atoms with Gasteiger partial charge in [0.05, 0.1) is 6.61 Å². The molecule has 0 aliphatic carbocycles. The standard InChI is InChI=1S/C23H23N3O3S2/c1-4-29-22(28)20-19(16-8-6-5-7-9-16)14(2)31-21(20)26-23(30)25-18-12-10-17(11-13-18)24-15(3)27/h5-13H,4H2,1-3H3,(H,24,27)(H2,25,26,30). The van der Waals surface area contributed by atoms with Crippen LogP contribution in [-0.4, -0.2) is 23.6 Å². The summed E-state index contributed by atoms with van der Waals surface area (Å²) in [7, 11) is 0. The maximum Gasteiger partial charge on any atom is 0.341 e. The van der Waals surface area contributed by atoms with Crippen LogP contribution < -0.4 is 16.0 Å². The fourth-order valence-electron chi connectivity index (χ4n) is 3.09. The number of ether oxygens (including phenoxy) is 1. The second-order valence-corrected chi connectivity index (χ2v) is 8.29. The molecule has 1 aromatic heterocycles. The van der Waals surface area contributed by atoms with Gasteiger partial charge in [-0.25, -0.2) is 4.79 Å². The fraction of sp³-hybridized carbons (Fsp3) is 0.174. The van der Waals surface area contributed by atoms with Gasteiger partial charge >= 0.3 is 5.97 Å². The predicted molar refractivity (Wildman–Crippen MR) is 131 cm³/mol. The van der Waals surface area contributed by atoms with Crippen molar-refractivity contribution >= 4 is 56.9 Å². The molecular formula is C23H23N3O3S2. The van der Waals surface area contributed by atoms with Crippen molar-refractivity contribution in [1.82, 2.24) is 0 Å². The zero-order valence-electron chi connectivity index (χ0n) is 17.4. The summed E-state index contributed by atoms with van der Waals surface area (Å²) < 4.78 is 5.32. The molecule has 0 saturated carbocycles. The number of nitrogens with one attached hydrogen (secondary N) is 3. The number of amides is 1. The molecule has 0 aliphatic rings. The number of carbonyl (C=O) groups excluding carboxylic acids is 2. The summed E-state index contributed by atoms with van der Waals surface area (Å²) in [6.07, 6.45) is 0. The SMILES string of the molecule is CCOC(=O)c1c(NC(=S)Nc2ccc(NC(C)=O)cc2)sc(C)c1-c1ccccc1. The third kappa shape index (κ3) is 5.68. The number of esters is 1. The van der Waals surface area contributed by atoms with E-state index in [1.807, 2.05) is 37.3 Å². The van der Waals surface area contributed by atoms with Gasteiger partial charge < -0.3 is 20.7 Å². The third-order valence-corrected chi connectivity index (χ3v) is 5.54. The average molecular weight is 454 g/mol. The van der Waals surface area contributed by atoms with E-state index in [0.717, 1.165) is 21.7 Å². The van der Waals surface area contributed by atoms with Gasteiger partial charge in [-0.3, -0.25) is 4.79 Å². The normalized spacial score (nSPS) is 10.3. The molecule has 3 rings (SSSR count). The molecule has 160 valence electrons. The van der Waals surface area contributed by atoms with Crippen LogP contribution in [0.25, 0.3) is 11.1 Å². The number of thiophene rings is 1. The van der Waals surface area contributed by atoms with Crippen molar-refractivity contribution in [2.45, 2.75) is 20.8 Å². The number of anilines is 3. The van der Waals surface area contributed by atoms with Gasteiger partial charge in [0, 0.05) is 28.7 Å². The molecular weight excluding hydrogens is 430 g/mol. The lowest BCUT2D eigenvalue weighted by Crippen LogP contribution is -2.20. The molecule has 0 unspecified atom stereocenters. The molecule has 31 heavy (non-hydrogen) atoms. The van der Waals surface area contributed by atoms with E-state index in [1.54, 1.807) is 31.2 Å². The second kappa shape index (κ2) is 10.2. The molecule has 0 saturated heterocycles. The molecule has 0 radical (unpaired) electrons. The van der Waals surface area contributed by atoms with E-state index in [4.69, 9.17) is 17.0 Å². The predicted octanol–water partition coefficient (Wildman–Crippen LogP) is 5.67. The second-order valence-electron chi connectivity index (χ2n) is 6.66. The Morgan fingerprint density at radius 1 is 0.968 bits per heavy atom. The van der Waals surface area contributed by atoms with Crippen molar-refractivity contribution in [3.05, 3.63) is 65.0 Å². The molecule has 3 N–H and O–H groups in total. The maximum atomic E-state index is 12.8. The first-order valence-electron chi connectivity index (χ1n) is 9.70. The van der Waals surface area contributed by atoms with Crippen molar-refractivity contribution in [2.75, 3.05) is 22.6 Å². The highest BCUT2D eigenvalue weighted by Gasteiger charge is 2.24. The quantitative estimate of drug-likeness (QED) is 0.330. The van der Waals surface area contributed by atoms with Gasteiger partial charge in [0.25, 0.3) is 0 Å². The van der Waals surface area contributed by atoms with Crippen molar-refractivity contribution < 1.29 is 14.3 Å². The summed E-state index contributed by atoms with van der Waals surface area (Å²) in [4.78, 5) is 24.9. The molecule has 2 aromatic carbocycles. The zero-order chi connectivity index (χ0) is 22.4. The minimum absolute atomic E-state index is 0.133. The third-order valence-electron chi connectivity index (χ3n) is 4.32.